The van der Waals surface area contributed by atoms with Gasteiger partial charge in [-0.15, -0.1) is 0 Å². The highest BCUT2D eigenvalue weighted by atomic mass is 16.7. The van der Waals surface area contributed by atoms with Crippen LogP contribution in [0.25, 0.3) is 21.9 Å². The molecule has 9 rings (SSSR count). The number of amides is 2. The van der Waals surface area contributed by atoms with E-state index in [4.69, 9.17) is 46.7 Å². The predicted octanol–water partition coefficient (Wildman–Crippen LogP) is 5.57. The van der Waals surface area contributed by atoms with E-state index >= 15 is 0 Å². The number of nitrogens with one attached hydrogen (secondary N) is 5. The van der Waals surface area contributed by atoms with E-state index in [0.717, 1.165) is 6.20 Å². The fourth-order valence-electron chi connectivity index (χ4n) is 10.0. The van der Waals surface area contributed by atoms with Crippen molar-refractivity contribution < 1.29 is 86.3 Å². The molecule has 25 nitrogen and oxygen atoms in total. The van der Waals surface area contributed by atoms with Crippen LogP contribution >= 0.6 is 0 Å². The molecule has 7 aromatic rings. The summed E-state index contributed by atoms with van der Waals surface area (Å²) in [6.07, 6.45) is -9.35. The molecule has 5 aromatic heterocycles. The summed E-state index contributed by atoms with van der Waals surface area (Å²) in [7, 11) is 2.74. The molecule has 0 bridgehead atoms. The van der Waals surface area contributed by atoms with Gasteiger partial charge in [-0.2, -0.15) is 0 Å². The number of esters is 2. The van der Waals surface area contributed by atoms with Crippen molar-refractivity contribution in [3.05, 3.63) is 126 Å². The Morgan fingerprint density at radius 3 is 1.39 bits per heavy atom. The van der Waals surface area contributed by atoms with Crippen LogP contribution in [0, 0.1) is 34.6 Å². The van der Waals surface area contributed by atoms with Crippen molar-refractivity contribution in [1.82, 2.24) is 15.0 Å². The number of benzene rings is 2. The van der Waals surface area contributed by atoms with E-state index < -0.39 is 118 Å². The number of carbonyl (C=O) groups excluding carboxylic acids is 4. The molecular weight excluding hydrogens is 1050 g/mol. The third-order valence-electron chi connectivity index (χ3n) is 14.2. The number of methoxy groups -OCH3 is 2. The van der Waals surface area contributed by atoms with Crippen molar-refractivity contribution in [2.45, 2.75) is 123 Å². The fraction of sp³-hybridized carbons (Fsp3) is 0.382. The van der Waals surface area contributed by atoms with Gasteiger partial charge >= 0.3 is 23.8 Å². The van der Waals surface area contributed by atoms with Gasteiger partial charge in [0.1, 0.15) is 64.2 Å². The molecule has 25 heteroatoms. The number of fused-ring (bicyclic) bond motifs is 2. The quantitative estimate of drug-likeness (QED) is 0.0601. The molecule has 0 radical (unpaired) electrons. The van der Waals surface area contributed by atoms with Crippen LogP contribution in [0.1, 0.15) is 97.6 Å². The Bertz CT molecular complexity index is 3480. The maximum Gasteiger partial charge on any atom is 0.355 e. The Kier molecular flexibility index (Phi) is 15.0. The molecule has 8 atom stereocenters. The Hall–Kier alpha value is -8.46. The number of ether oxygens (including phenoxy) is 8. The Balaban J connectivity index is 0.911. The molecule has 0 saturated carbocycles. The standard InChI is InChI=1S/C55H59N5O20/c1-21-12-16-29(57-21)48(67)77-42-38(63)44(71-10)54(6,7)79-52(42)73-31-18-14-26-36(61)34(50(69)75-40(26)24(31)4)59-46(65)28-20-56-33(23(28)3)47(66)60-35-37(62)27-15-19-32(25(5)41(27)76-51(35)70)74-53-43(39(64)45(72-11)55(8,9)80-53)78-49(68)30-17-13-22(2)58-30/h12-20,38-39,42-45,52-53,56-58,63-64,69-70H,1-11H3,(H,59,65)(H,60,66). The van der Waals surface area contributed by atoms with E-state index in [1.807, 2.05) is 0 Å². The van der Waals surface area contributed by atoms with Gasteiger partial charge in [0.2, 0.25) is 23.4 Å². The summed E-state index contributed by atoms with van der Waals surface area (Å²) in [5.74, 6) is -5.45. The zero-order valence-corrected chi connectivity index (χ0v) is 45.1. The zero-order valence-electron chi connectivity index (χ0n) is 45.1. The first-order valence-corrected chi connectivity index (χ1v) is 25.0. The maximum atomic E-state index is 13.9. The van der Waals surface area contributed by atoms with Crippen LogP contribution in [0.3, 0.4) is 0 Å². The number of aromatic nitrogens is 3. The first kappa shape index (κ1) is 56.3. The number of aromatic amines is 3. The number of aryl methyl sites for hydroxylation is 4. The molecule has 2 aliphatic heterocycles. The number of aliphatic hydroxyl groups is 2. The number of aliphatic hydroxyl groups excluding tert-OH is 2. The smallest absolute Gasteiger partial charge is 0.355 e. The first-order valence-electron chi connectivity index (χ1n) is 25.0. The summed E-state index contributed by atoms with van der Waals surface area (Å²) >= 11 is 0. The average molecular weight is 1110 g/mol. The summed E-state index contributed by atoms with van der Waals surface area (Å²) in [5, 5.41) is 49.5. The monoisotopic (exact) mass is 1110 g/mol. The van der Waals surface area contributed by atoms with Gasteiger partial charge in [-0.3, -0.25) is 19.2 Å². The van der Waals surface area contributed by atoms with Crippen molar-refractivity contribution >= 4 is 57.1 Å². The minimum atomic E-state index is -1.43. The van der Waals surface area contributed by atoms with Crippen molar-refractivity contribution in [3.8, 4) is 23.4 Å². The summed E-state index contributed by atoms with van der Waals surface area (Å²) in [4.78, 5) is 90.1. The summed E-state index contributed by atoms with van der Waals surface area (Å²) in [6.45, 7) is 14.5. The fourth-order valence-corrected chi connectivity index (χ4v) is 10.0. The molecule has 2 fully saturated rings. The highest BCUT2D eigenvalue weighted by Gasteiger charge is 2.55. The molecule has 80 heavy (non-hydrogen) atoms. The number of H-pyrrole nitrogens is 3. The van der Waals surface area contributed by atoms with E-state index in [0.29, 0.717) is 11.4 Å². The Morgan fingerprint density at radius 2 is 1.00 bits per heavy atom. The second kappa shape index (κ2) is 21.3. The van der Waals surface area contributed by atoms with Crippen LogP contribution in [0.2, 0.25) is 0 Å². The summed E-state index contributed by atoms with van der Waals surface area (Å²) < 4.78 is 58.7. The minimum absolute atomic E-state index is 0.0219. The highest BCUT2D eigenvalue weighted by molar-refractivity contribution is 6.11. The van der Waals surface area contributed by atoms with Crippen LogP contribution in [0.4, 0.5) is 11.4 Å². The Morgan fingerprint density at radius 1 is 0.588 bits per heavy atom. The number of carbonyl (C=O) groups is 4. The lowest BCUT2D eigenvalue weighted by Gasteiger charge is -2.47. The van der Waals surface area contributed by atoms with Crippen LogP contribution in [-0.2, 0) is 28.4 Å². The van der Waals surface area contributed by atoms with E-state index in [2.05, 4.69) is 25.6 Å². The van der Waals surface area contributed by atoms with Gasteiger partial charge < -0.3 is 92.7 Å². The Labute approximate surface area is 454 Å². The molecular formula is C55H59N5O20. The lowest BCUT2D eigenvalue weighted by Crippen LogP contribution is -2.65. The number of rotatable bonds is 14. The van der Waals surface area contributed by atoms with Gasteiger partial charge in [0.15, 0.2) is 23.6 Å². The van der Waals surface area contributed by atoms with Gasteiger partial charge in [0, 0.05) is 42.9 Å². The maximum absolute atomic E-state index is 13.9. The van der Waals surface area contributed by atoms with Crippen molar-refractivity contribution in [2.75, 3.05) is 24.9 Å². The molecule has 2 aromatic carbocycles. The highest BCUT2D eigenvalue weighted by Crippen LogP contribution is 2.40. The minimum Gasteiger partial charge on any atom is -0.479 e. The van der Waals surface area contributed by atoms with Crippen molar-refractivity contribution in [1.29, 1.82) is 0 Å². The van der Waals surface area contributed by atoms with Gasteiger partial charge in [-0.1, -0.05) is 0 Å². The molecule has 8 unspecified atom stereocenters. The molecule has 9 N–H and O–H groups in total. The number of anilines is 2. The van der Waals surface area contributed by atoms with E-state index in [1.54, 1.807) is 53.7 Å². The summed E-state index contributed by atoms with van der Waals surface area (Å²) in [5.41, 5.74) is -4.12. The van der Waals surface area contributed by atoms with Gasteiger partial charge in [-0.05, 0) is 116 Å². The van der Waals surface area contributed by atoms with Crippen LogP contribution in [0.5, 0.6) is 23.4 Å². The third-order valence-corrected chi connectivity index (χ3v) is 14.2. The molecule has 7 heterocycles. The van der Waals surface area contributed by atoms with Crippen LogP contribution < -0.4 is 31.0 Å². The zero-order chi connectivity index (χ0) is 58.0. The van der Waals surface area contributed by atoms with Crippen molar-refractivity contribution in [3.63, 3.8) is 0 Å². The normalized spacial score (nSPS) is 22.4. The molecule has 0 spiro atoms. The van der Waals surface area contributed by atoms with Crippen molar-refractivity contribution in [2.24, 2.45) is 0 Å². The average Bonchev–Trinajstić information content (AvgIpc) is 4.15. The molecule has 2 amide bonds. The summed E-state index contributed by atoms with van der Waals surface area (Å²) in [6, 6.07) is 11.8. The number of hydrogen-bond donors (Lipinski definition) is 9. The van der Waals surface area contributed by atoms with Gasteiger partial charge in [0.25, 0.3) is 11.8 Å². The predicted molar refractivity (Wildman–Crippen MR) is 281 cm³/mol. The molecule has 2 saturated heterocycles. The third kappa shape index (κ3) is 10.2. The SMILES string of the molecule is COC1C(O)C(OC(=O)c2ccc(C)[nH]2)C(Oc2ccc3c(=O)c(NC(=O)c4c[nH]c(C(=O)Nc5c(O)oc6c(C)c(OC7OC(C)(C)C(OC)C(O)C7OC(=O)c7ccc(C)[nH]7)ccc6c5=O)c4C)c(O)oc3c2C)OC1(C)C. The topological polar surface area (TPSA) is 355 Å². The first-order chi connectivity index (χ1) is 37.7. The van der Waals surface area contributed by atoms with E-state index in [-0.39, 0.29) is 72.8 Å². The molecule has 0 aliphatic carbocycles. The molecule has 2 aliphatic rings. The van der Waals surface area contributed by atoms with Crippen LogP contribution in [0.15, 0.2) is 73.2 Å². The molecule has 424 valence electrons. The second-order valence-electron chi connectivity index (χ2n) is 20.5. The number of aromatic hydroxyl groups is 2. The lowest BCUT2D eigenvalue weighted by molar-refractivity contribution is -0.305. The van der Waals surface area contributed by atoms with E-state index in [1.165, 1.54) is 71.4 Å². The number of hydrogen-bond acceptors (Lipinski definition) is 20. The van der Waals surface area contributed by atoms with Gasteiger partial charge in [-0.25, -0.2) is 9.59 Å². The van der Waals surface area contributed by atoms with Gasteiger partial charge in [0.05, 0.1) is 27.5 Å². The van der Waals surface area contributed by atoms with Crippen LogP contribution in [-0.4, -0.2) is 134 Å². The van der Waals surface area contributed by atoms with E-state index in [9.17, 15) is 49.2 Å². The lowest BCUT2D eigenvalue weighted by atomic mass is 9.89. The second-order valence-corrected chi connectivity index (χ2v) is 20.5. The largest absolute Gasteiger partial charge is 0.479 e.